The van der Waals surface area contributed by atoms with Gasteiger partial charge < -0.3 is 8.92 Å². The van der Waals surface area contributed by atoms with Crippen molar-refractivity contribution in [2.24, 2.45) is 0 Å². The van der Waals surface area contributed by atoms with E-state index in [4.69, 9.17) is 8.92 Å². The fourth-order valence-electron chi connectivity index (χ4n) is 2.03. The Kier molecular flexibility index (Phi) is 5.20. The standard InChI is InChI=1S/C16H15NO6S/c1-3-6-12-9-10-14(15(11-12)22-2)23-24(20,21)16-8-5-4-7-13(16)17(18)19/h3-11H,1-2H3. The summed E-state index contributed by atoms with van der Waals surface area (Å²) in [6, 6.07) is 9.66. The van der Waals surface area contributed by atoms with Gasteiger partial charge in [0.05, 0.1) is 12.0 Å². The predicted octanol–water partition coefficient (Wildman–Crippen LogP) is 3.40. The first-order valence-corrected chi connectivity index (χ1v) is 8.28. The Morgan fingerprint density at radius 1 is 1.12 bits per heavy atom. The second-order valence-electron chi connectivity index (χ2n) is 4.67. The number of allylic oxidation sites excluding steroid dienone is 1. The number of methoxy groups -OCH3 is 1. The monoisotopic (exact) mass is 349 g/mol. The van der Waals surface area contributed by atoms with Crippen molar-refractivity contribution in [2.45, 2.75) is 11.8 Å². The quantitative estimate of drug-likeness (QED) is 0.450. The molecule has 0 aliphatic carbocycles. The van der Waals surface area contributed by atoms with Gasteiger partial charge in [-0.05, 0) is 30.7 Å². The second-order valence-corrected chi connectivity index (χ2v) is 6.19. The lowest BCUT2D eigenvalue weighted by Crippen LogP contribution is -2.12. The Morgan fingerprint density at radius 3 is 2.46 bits per heavy atom. The van der Waals surface area contributed by atoms with E-state index in [1.807, 2.05) is 19.1 Å². The highest BCUT2D eigenvalue weighted by Gasteiger charge is 2.28. The lowest BCUT2D eigenvalue weighted by atomic mass is 10.2. The summed E-state index contributed by atoms with van der Waals surface area (Å²) in [5.41, 5.74) is 0.242. The van der Waals surface area contributed by atoms with Gasteiger partial charge in [-0.15, -0.1) is 0 Å². The molecule has 0 aromatic heterocycles. The van der Waals surface area contributed by atoms with Crippen LogP contribution in [0.3, 0.4) is 0 Å². The molecule has 0 fully saturated rings. The average molecular weight is 349 g/mol. The molecule has 0 unspecified atom stereocenters. The number of nitrogens with zero attached hydrogens (tertiary/aromatic N) is 1. The molecule has 0 aliphatic heterocycles. The smallest absolute Gasteiger partial charge is 0.346 e. The lowest BCUT2D eigenvalue weighted by Gasteiger charge is -2.11. The van der Waals surface area contributed by atoms with Crippen LogP contribution >= 0.6 is 0 Å². The van der Waals surface area contributed by atoms with E-state index >= 15 is 0 Å². The van der Waals surface area contributed by atoms with Crippen molar-refractivity contribution in [3.8, 4) is 11.5 Å². The van der Waals surface area contributed by atoms with Crippen LogP contribution in [0.4, 0.5) is 5.69 Å². The van der Waals surface area contributed by atoms with Gasteiger partial charge in [0.2, 0.25) is 0 Å². The summed E-state index contributed by atoms with van der Waals surface area (Å²) in [5, 5.41) is 11.0. The molecule has 0 saturated heterocycles. The largest absolute Gasteiger partial charge is 0.493 e. The number of nitro groups is 1. The number of ether oxygens (including phenoxy) is 1. The summed E-state index contributed by atoms with van der Waals surface area (Å²) in [4.78, 5) is 9.72. The maximum Gasteiger partial charge on any atom is 0.346 e. The van der Waals surface area contributed by atoms with E-state index in [-0.39, 0.29) is 11.5 Å². The molecule has 0 saturated carbocycles. The first-order valence-electron chi connectivity index (χ1n) is 6.87. The van der Waals surface area contributed by atoms with Crippen molar-refractivity contribution in [3.63, 3.8) is 0 Å². The zero-order valence-corrected chi connectivity index (χ0v) is 13.8. The molecule has 0 spiro atoms. The Balaban J connectivity index is 2.45. The maximum absolute atomic E-state index is 12.4. The van der Waals surface area contributed by atoms with Crippen LogP contribution in [0.15, 0.2) is 53.4 Å². The summed E-state index contributed by atoms with van der Waals surface area (Å²) in [6.45, 7) is 1.84. The van der Waals surface area contributed by atoms with Gasteiger partial charge in [0.15, 0.2) is 16.4 Å². The van der Waals surface area contributed by atoms with E-state index in [0.29, 0.717) is 0 Å². The average Bonchev–Trinajstić information content (AvgIpc) is 2.56. The highest BCUT2D eigenvalue weighted by atomic mass is 32.2. The van der Waals surface area contributed by atoms with Gasteiger partial charge in [-0.25, -0.2) is 0 Å². The number of benzene rings is 2. The molecule has 8 heteroatoms. The predicted molar refractivity (Wildman–Crippen MR) is 88.6 cm³/mol. The Labute approximate surface area is 139 Å². The minimum atomic E-state index is -4.39. The lowest BCUT2D eigenvalue weighted by molar-refractivity contribution is -0.387. The van der Waals surface area contributed by atoms with Crippen LogP contribution in [-0.4, -0.2) is 20.5 Å². The first kappa shape index (κ1) is 17.5. The molecule has 2 aromatic rings. The van der Waals surface area contributed by atoms with Crippen LogP contribution in [0.1, 0.15) is 12.5 Å². The molecule has 0 aliphatic rings. The molecular formula is C16H15NO6S. The Bertz CT molecular complexity index is 889. The highest BCUT2D eigenvalue weighted by Crippen LogP contribution is 2.33. The van der Waals surface area contributed by atoms with Gasteiger partial charge in [0.25, 0.3) is 5.69 Å². The van der Waals surface area contributed by atoms with Gasteiger partial charge >= 0.3 is 10.1 Å². The third-order valence-corrected chi connectivity index (χ3v) is 4.36. The summed E-state index contributed by atoms with van der Waals surface area (Å²) >= 11 is 0. The van der Waals surface area contributed by atoms with Crippen LogP contribution in [0.25, 0.3) is 6.08 Å². The molecule has 0 heterocycles. The molecule has 0 amide bonds. The molecular weight excluding hydrogens is 334 g/mol. The SMILES string of the molecule is CC=Cc1ccc(OS(=O)(=O)c2ccccc2[N+](=O)[O-])c(OC)c1. The summed E-state index contributed by atoms with van der Waals surface area (Å²) in [5.74, 6) is 0.150. The number of rotatable bonds is 6. The topological polar surface area (TPSA) is 95.7 Å². The maximum atomic E-state index is 12.4. The molecule has 0 N–H and O–H groups in total. The van der Waals surface area contributed by atoms with E-state index in [9.17, 15) is 18.5 Å². The second kappa shape index (κ2) is 7.14. The Morgan fingerprint density at radius 2 is 1.83 bits per heavy atom. The van der Waals surface area contributed by atoms with Gasteiger partial charge in [-0.3, -0.25) is 10.1 Å². The van der Waals surface area contributed by atoms with Gasteiger partial charge in [0, 0.05) is 6.07 Å². The third-order valence-electron chi connectivity index (χ3n) is 3.08. The fourth-order valence-corrected chi connectivity index (χ4v) is 3.14. The van der Waals surface area contributed by atoms with Crippen molar-refractivity contribution in [2.75, 3.05) is 7.11 Å². The van der Waals surface area contributed by atoms with E-state index in [1.165, 1.54) is 25.3 Å². The van der Waals surface area contributed by atoms with Gasteiger partial charge in [-0.2, -0.15) is 8.42 Å². The molecule has 2 aromatic carbocycles. The summed E-state index contributed by atoms with van der Waals surface area (Å²) < 4.78 is 35.0. The van der Waals surface area contributed by atoms with Crippen molar-refractivity contribution >= 4 is 21.9 Å². The summed E-state index contributed by atoms with van der Waals surface area (Å²) in [7, 11) is -3.01. The molecule has 0 radical (unpaired) electrons. The molecule has 24 heavy (non-hydrogen) atoms. The van der Waals surface area contributed by atoms with Crippen LogP contribution in [0.2, 0.25) is 0 Å². The van der Waals surface area contributed by atoms with E-state index in [0.717, 1.165) is 17.7 Å². The molecule has 7 nitrogen and oxygen atoms in total. The zero-order chi connectivity index (χ0) is 17.7. The van der Waals surface area contributed by atoms with Crippen molar-refractivity contribution in [1.82, 2.24) is 0 Å². The number of hydrogen-bond acceptors (Lipinski definition) is 6. The first-order chi connectivity index (χ1) is 11.4. The van der Waals surface area contributed by atoms with Crippen molar-refractivity contribution < 1.29 is 22.3 Å². The fraction of sp³-hybridized carbons (Fsp3) is 0.125. The van der Waals surface area contributed by atoms with E-state index in [1.54, 1.807) is 12.1 Å². The van der Waals surface area contributed by atoms with Crippen molar-refractivity contribution in [1.29, 1.82) is 0 Å². The van der Waals surface area contributed by atoms with Crippen LogP contribution < -0.4 is 8.92 Å². The zero-order valence-electron chi connectivity index (χ0n) is 13.0. The minimum absolute atomic E-state index is 0.0519. The van der Waals surface area contributed by atoms with Gasteiger partial charge in [-0.1, -0.05) is 30.4 Å². The summed E-state index contributed by atoms with van der Waals surface area (Å²) in [6.07, 6.45) is 3.63. The number of nitro benzene ring substituents is 1. The number of para-hydroxylation sites is 1. The van der Waals surface area contributed by atoms with Crippen LogP contribution in [-0.2, 0) is 10.1 Å². The highest BCUT2D eigenvalue weighted by molar-refractivity contribution is 7.87. The molecule has 0 bridgehead atoms. The third kappa shape index (κ3) is 3.72. The number of hydrogen-bond donors (Lipinski definition) is 0. The van der Waals surface area contributed by atoms with Gasteiger partial charge in [0.1, 0.15) is 0 Å². The normalized spacial score (nSPS) is 11.4. The van der Waals surface area contributed by atoms with Crippen LogP contribution in [0.5, 0.6) is 11.5 Å². The Hall–Kier alpha value is -2.87. The molecule has 2 rings (SSSR count). The van der Waals surface area contributed by atoms with E-state index in [2.05, 4.69) is 0 Å². The minimum Gasteiger partial charge on any atom is -0.493 e. The van der Waals surface area contributed by atoms with E-state index < -0.39 is 25.6 Å². The molecule has 0 atom stereocenters. The van der Waals surface area contributed by atoms with Crippen molar-refractivity contribution in [3.05, 3.63) is 64.2 Å². The van der Waals surface area contributed by atoms with Crippen LogP contribution in [0, 0.1) is 10.1 Å². The molecule has 126 valence electrons.